The van der Waals surface area contributed by atoms with E-state index in [0.717, 1.165) is 37.7 Å². The molecule has 0 aromatic heterocycles. The van der Waals surface area contributed by atoms with Crippen LogP contribution in [0.25, 0.3) is 0 Å². The van der Waals surface area contributed by atoms with Crippen LogP contribution in [0.15, 0.2) is 36.9 Å². The summed E-state index contributed by atoms with van der Waals surface area (Å²) < 4.78 is 4.71. The van der Waals surface area contributed by atoms with E-state index in [4.69, 9.17) is 4.74 Å². The lowest BCUT2D eigenvalue weighted by molar-refractivity contribution is 0.0600. The summed E-state index contributed by atoms with van der Waals surface area (Å²) in [6.07, 6.45) is 6.88. The van der Waals surface area contributed by atoms with Gasteiger partial charge in [-0.2, -0.15) is 0 Å². The Kier molecular flexibility index (Phi) is 7.17. The Morgan fingerprint density at radius 1 is 1.33 bits per heavy atom. The summed E-state index contributed by atoms with van der Waals surface area (Å²) in [5.74, 6) is -0.342. The fraction of sp³-hybridized carbons (Fsp3) is 0.500. The molecule has 1 rings (SSSR count). The summed E-state index contributed by atoms with van der Waals surface area (Å²) in [5.41, 5.74) is 1.28. The molecule has 1 N–H and O–H groups in total. The van der Waals surface area contributed by atoms with Crippen LogP contribution in [0.4, 0.5) is 0 Å². The van der Waals surface area contributed by atoms with Gasteiger partial charge in [-0.15, -0.1) is 6.58 Å². The Morgan fingerprint density at radius 2 is 2.00 bits per heavy atom. The van der Waals surface area contributed by atoms with Gasteiger partial charge in [0, 0.05) is 5.41 Å². The molecule has 0 bridgehead atoms. The van der Waals surface area contributed by atoms with Crippen molar-refractivity contribution < 1.29 is 14.6 Å². The third-order valence-corrected chi connectivity index (χ3v) is 4.01. The van der Waals surface area contributed by atoms with Crippen LogP contribution < -0.4 is 0 Å². The van der Waals surface area contributed by atoms with Crippen LogP contribution in [-0.4, -0.2) is 24.8 Å². The standard InChI is InChI=1S/C18H26O3/c1-4-6-7-13-18(14-19,12-5-2)16-10-8-15(9-11-16)17(20)21-3/h5,8-11,19H,2,4,6-7,12-14H2,1,3H3. The van der Waals surface area contributed by atoms with Crippen molar-refractivity contribution in [2.45, 2.75) is 44.4 Å². The van der Waals surface area contributed by atoms with E-state index in [-0.39, 0.29) is 18.0 Å². The number of methoxy groups -OCH3 is 1. The van der Waals surface area contributed by atoms with Crippen molar-refractivity contribution in [3.05, 3.63) is 48.0 Å². The van der Waals surface area contributed by atoms with Crippen molar-refractivity contribution in [2.24, 2.45) is 0 Å². The fourth-order valence-corrected chi connectivity index (χ4v) is 2.67. The third-order valence-electron chi connectivity index (χ3n) is 4.01. The molecule has 21 heavy (non-hydrogen) atoms. The van der Waals surface area contributed by atoms with Gasteiger partial charge in [-0.1, -0.05) is 44.4 Å². The number of aliphatic hydroxyl groups is 1. The molecular weight excluding hydrogens is 264 g/mol. The largest absolute Gasteiger partial charge is 0.465 e. The Balaban J connectivity index is 3.01. The van der Waals surface area contributed by atoms with Gasteiger partial charge < -0.3 is 9.84 Å². The number of hydrogen-bond acceptors (Lipinski definition) is 3. The molecule has 1 aromatic carbocycles. The van der Waals surface area contributed by atoms with Crippen molar-refractivity contribution in [3.8, 4) is 0 Å². The molecule has 0 saturated carbocycles. The van der Waals surface area contributed by atoms with Gasteiger partial charge in [-0.25, -0.2) is 4.79 Å². The van der Waals surface area contributed by atoms with Crippen molar-refractivity contribution >= 4 is 5.97 Å². The lowest BCUT2D eigenvalue weighted by Crippen LogP contribution is -2.30. The molecule has 0 aliphatic carbocycles. The van der Waals surface area contributed by atoms with Crippen LogP contribution in [0.5, 0.6) is 0 Å². The number of unbranched alkanes of at least 4 members (excludes halogenated alkanes) is 2. The molecule has 0 heterocycles. The fourth-order valence-electron chi connectivity index (χ4n) is 2.67. The minimum Gasteiger partial charge on any atom is -0.465 e. The van der Waals surface area contributed by atoms with Crippen molar-refractivity contribution in [3.63, 3.8) is 0 Å². The summed E-state index contributed by atoms with van der Waals surface area (Å²) >= 11 is 0. The van der Waals surface area contributed by atoms with E-state index in [0.29, 0.717) is 5.56 Å². The minimum atomic E-state index is -0.342. The van der Waals surface area contributed by atoms with Gasteiger partial charge >= 0.3 is 5.97 Å². The summed E-state index contributed by atoms with van der Waals surface area (Å²) in [4.78, 5) is 11.5. The number of rotatable bonds is 9. The van der Waals surface area contributed by atoms with E-state index < -0.39 is 0 Å². The second-order valence-electron chi connectivity index (χ2n) is 5.46. The molecule has 0 fully saturated rings. The number of ether oxygens (including phenoxy) is 1. The van der Waals surface area contributed by atoms with E-state index in [9.17, 15) is 9.90 Å². The first kappa shape index (κ1) is 17.4. The normalized spacial score (nSPS) is 13.5. The average molecular weight is 290 g/mol. The summed E-state index contributed by atoms with van der Waals surface area (Å²) in [7, 11) is 1.37. The first-order valence-corrected chi connectivity index (χ1v) is 7.54. The van der Waals surface area contributed by atoms with Crippen LogP contribution in [0, 0.1) is 0 Å². The molecule has 0 aliphatic heterocycles. The van der Waals surface area contributed by atoms with Gasteiger partial charge in [-0.05, 0) is 30.5 Å². The van der Waals surface area contributed by atoms with Gasteiger partial charge in [0.05, 0.1) is 19.3 Å². The Labute approximate surface area is 127 Å². The second kappa shape index (κ2) is 8.63. The van der Waals surface area contributed by atoms with Crippen molar-refractivity contribution in [1.82, 2.24) is 0 Å². The maximum absolute atomic E-state index is 11.5. The molecule has 3 nitrogen and oxygen atoms in total. The SMILES string of the molecule is C=CCC(CO)(CCCCC)c1ccc(C(=O)OC)cc1. The van der Waals surface area contributed by atoms with Crippen LogP contribution in [-0.2, 0) is 10.2 Å². The minimum absolute atomic E-state index is 0.0836. The smallest absolute Gasteiger partial charge is 0.337 e. The first-order chi connectivity index (χ1) is 10.1. The van der Waals surface area contributed by atoms with E-state index in [1.807, 2.05) is 18.2 Å². The Morgan fingerprint density at radius 3 is 2.48 bits per heavy atom. The third kappa shape index (κ3) is 4.43. The monoisotopic (exact) mass is 290 g/mol. The van der Waals surface area contributed by atoms with Crippen LogP contribution in [0.2, 0.25) is 0 Å². The maximum Gasteiger partial charge on any atom is 0.337 e. The molecule has 0 saturated heterocycles. The lowest BCUT2D eigenvalue weighted by atomic mass is 9.74. The van der Waals surface area contributed by atoms with E-state index in [2.05, 4.69) is 13.5 Å². The maximum atomic E-state index is 11.5. The van der Waals surface area contributed by atoms with Crippen molar-refractivity contribution in [1.29, 1.82) is 0 Å². The predicted molar refractivity (Wildman–Crippen MR) is 85.5 cm³/mol. The zero-order chi connectivity index (χ0) is 15.7. The Bertz CT molecular complexity index is 450. The Hall–Kier alpha value is -1.61. The lowest BCUT2D eigenvalue weighted by Gasteiger charge is -2.32. The quantitative estimate of drug-likeness (QED) is 0.427. The second-order valence-corrected chi connectivity index (χ2v) is 5.46. The number of benzene rings is 1. The van der Waals surface area contributed by atoms with Crippen molar-refractivity contribution in [2.75, 3.05) is 13.7 Å². The molecule has 0 spiro atoms. The summed E-state index contributed by atoms with van der Waals surface area (Å²) in [6.45, 7) is 6.07. The zero-order valence-corrected chi connectivity index (χ0v) is 13.1. The number of carbonyl (C=O) groups is 1. The van der Waals surface area contributed by atoms with Gasteiger partial charge in [0.1, 0.15) is 0 Å². The number of carbonyl (C=O) groups excluding carboxylic acids is 1. The summed E-state index contributed by atoms with van der Waals surface area (Å²) in [5, 5.41) is 9.95. The molecule has 0 aliphatic rings. The predicted octanol–water partition coefficient (Wildman–Crippen LogP) is 3.86. The highest BCUT2D eigenvalue weighted by Crippen LogP contribution is 2.34. The molecule has 0 amide bonds. The molecule has 0 radical (unpaired) electrons. The first-order valence-electron chi connectivity index (χ1n) is 7.54. The van der Waals surface area contributed by atoms with Gasteiger partial charge in [-0.3, -0.25) is 0 Å². The van der Waals surface area contributed by atoms with Crippen LogP contribution in [0.3, 0.4) is 0 Å². The zero-order valence-electron chi connectivity index (χ0n) is 13.1. The molecule has 1 unspecified atom stereocenters. The highest BCUT2D eigenvalue weighted by atomic mass is 16.5. The number of hydrogen-bond donors (Lipinski definition) is 1. The van der Waals surface area contributed by atoms with E-state index in [1.54, 1.807) is 12.1 Å². The van der Waals surface area contributed by atoms with Gasteiger partial charge in [0.15, 0.2) is 0 Å². The molecule has 3 heteroatoms. The van der Waals surface area contributed by atoms with Gasteiger partial charge in [0.2, 0.25) is 0 Å². The summed E-state index contributed by atoms with van der Waals surface area (Å²) in [6, 6.07) is 7.35. The number of allylic oxidation sites excluding steroid dienone is 1. The molecule has 1 aromatic rings. The number of aliphatic hydroxyl groups excluding tert-OH is 1. The van der Waals surface area contributed by atoms with E-state index in [1.165, 1.54) is 7.11 Å². The van der Waals surface area contributed by atoms with Crippen LogP contribution >= 0.6 is 0 Å². The number of esters is 1. The molecule has 116 valence electrons. The molecule has 1 atom stereocenters. The highest BCUT2D eigenvalue weighted by molar-refractivity contribution is 5.89. The van der Waals surface area contributed by atoms with E-state index >= 15 is 0 Å². The topological polar surface area (TPSA) is 46.5 Å². The van der Waals surface area contributed by atoms with Gasteiger partial charge in [0.25, 0.3) is 0 Å². The average Bonchev–Trinajstić information content (AvgIpc) is 2.53. The van der Waals surface area contributed by atoms with Crippen LogP contribution in [0.1, 0.15) is 54.9 Å². The highest BCUT2D eigenvalue weighted by Gasteiger charge is 2.29. The molecular formula is C18H26O3.